The summed E-state index contributed by atoms with van der Waals surface area (Å²) in [5.74, 6) is 0.680. The van der Waals surface area contributed by atoms with Gasteiger partial charge in [0.15, 0.2) is 0 Å². The van der Waals surface area contributed by atoms with Crippen molar-refractivity contribution in [2.24, 2.45) is 0 Å². The van der Waals surface area contributed by atoms with E-state index >= 15 is 0 Å². The average Bonchev–Trinajstić information content (AvgIpc) is 2.85. The van der Waals surface area contributed by atoms with Crippen LogP contribution in [0.5, 0.6) is 0 Å². The van der Waals surface area contributed by atoms with E-state index in [2.05, 4.69) is 11.8 Å². The van der Waals surface area contributed by atoms with Crippen molar-refractivity contribution in [3.8, 4) is 0 Å². The number of rotatable bonds is 3. The minimum atomic E-state index is -0.534. The summed E-state index contributed by atoms with van der Waals surface area (Å²) in [6.45, 7) is 3.99. The molecule has 2 aromatic rings. The lowest BCUT2D eigenvalue weighted by molar-refractivity contribution is 0.0618. The summed E-state index contributed by atoms with van der Waals surface area (Å²) in [5, 5.41) is 11.4. The van der Waals surface area contributed by atoms with Crippen molar-refractivity contribution in [2.75, 3.05) is 13.1 Å². The van der Waals surface area contributed by atoms with E-state index < -0.39 is 6.10 Å². The van der Waals surface area contributed by atoms with Crippen molar-refractivity contribution >= 4 is 11.0 Å². The molecule has 3 rings (SSSR count). The molecule has 19 heavy (non-hydrogen) atoms. The molecule has 1 N–H and O–H groups in total. The fourth-order valence-electron chi connectivity index (χ4n) is 2.91. The molecule has 0 saturated carbocycles. The smallest absolute Gasteiger partial charge is 0.135 e. The predicted molar refractivity (Wildman–Crippen MR) is 76.1 cm³/mol. The Labute approximate surface area is 113 Å². The highest BCUT2D eigenvalue weighted by Gasteiger charge is 2.23. The van der Waals surface area contributed by atoms with Crippen molar-refractivity contribution in [1.82, 2.24) is 4.90 Å². The average molecular weight is 259 g/mol. The topological polar surface area (TPSA) is 36.6 Å². The van der Waals surface area contributed by atoms with Crippen LogP contribution in [-0.4, -0.2) is 29.1 Å². The number of aliphatic hydroxyl groups excluding tert-OH is 1. The lowest BCUT2D eigenvalue weighted by Crippen LogP contribution is -2.40. The quantitative estimate of drug-likeness (QED) is 0.918. The summed E-state index contributed by atoms with van der Waals surface area (Å²) in [5.41, 5.74) is 0.850. The molecule has 1 aliphatic rings. The molecule has 102 valence electrons. The maximum Gasteiger partial charge on any atom is 0.135 e. The van der Waals surface area contributed by atoms with Gasteiger partial charge >= 0.3 is 0 Å². The maximum atomic E-state index is 10.4. The first-order chi connectivity index (χ1) is 9.24. The second-order valence-corrected chi connectivity index (χ2v) is 5.54. The Morgan fingerprint density at radius 2 is 2.21 bits per heavy atom. The highest BCUT2D eigenvalue weighted by Crippen LogP contribution is 2.26. The number of hydrogen-bond donors (Lipinski definition) is 1. The molecule has 1 aromatic heterocycles. The van der Waals surface area contributed by atoms with E-state index in [-0.39, 0.29) is 0 Å². The third-order valence-electron chi connectivity index (χ3n) is 4.12. The number of likely N-dealkylation sites (tertiary alicyclic amines) is 1. The van der Waals surface area contributed by atoms with E-state index in [1.807, 2.05) is 30.3 Å². The molecule has 2 heterocycles. The van der Waals surface area contributed by atoms with Gasteiger partial charge in [0.1, 0.15) is 17.4 Å². The normalized spacial score (nSPS) is 22.7. The van der Waals surface area contributed by atoms with E-state index in [1.165, 1.54) is 19.3 Å². The number of nitrogens with zero attached hydrogens (tertiary/aromatic N) is 1. The first kappa shape index (κ1) is 12.7. The second kappa shape index (κ2) is 5.35. The number of fused-ring (bicyclic) bond motifs is 1. The molecule has 0 aliphatic carbocycles. The van der Waals surface area contributed by atoms with Crippen molar-refractivity contribution in [3.63, 3.8) is 0 Å². The fraction of sp³-hybridized carbons (Fsp3) is 0.500. The number of piperidine rings is 1. The van der Waals surface area contributed by atoms with Gasteiger partial charge in [0.25, 0.3) is 0 Å². The second-order valence-electron chi connectivity index (χ2n) is 5.54. The summed E-state index contributed by atoms with van der Waals surface area (Å²) in [6.07, 6.45) is 3.23. The van der Waals surface area contributed by atoms with Crippen LogP contribution in [0.15, 0.2) is 34.7 Å². The van der Waals surface area contributed by atoms with Crippen LogP contribution in [0.1, 0.15) is 38.1 Å². The van der Waals surface area contributed by atoms with Gasteiger partial charge in [-0.15, -0.1) is 0 Å². The summed E-state index contributed by atoms with van der Waals surface area (Å²) in [6, 6.07) is 10.4. The molecule has 1 aromatic carbocycles. The molecule has 0 spiro atoms. The zero-order valence-corrected chi connectivity index (χ0v) is 11.4. The maximum absolute atomic E-state index is 10.4. The van der Waals surface area contributed by atoms with Crippen LogP contribution in [0.4, 0.5) is 0 Å². The molecule has 2 unspecified atom stereocenters. The van der Waals surface area contributed by atoms with Gasteiger partial charge in [0.05, 0.1) is 0 Å². The molecule has 0 amide bonds. The van der Waals surface area contributed by atoms with Crippen molar-refractivity contribution in [2.45, 2.75) is 38.3 Å². The number of benzene rings is 1. The van der Waals surface area contributed by atoms with Gasteiger partial charge in [-0.25, -0.2) is 0 Å². The number of aliphatic hydroxyl groups is 1. The Bertz CT molecular complexity index is 515. The Kier molecular flexibility index (Phi) is 3.58. The Morgan fingerprint density at radius 3 is 3.00 bits per heavy atom. The zero-order valence-electron chi connectivity index (χ0n) is 11.4. The number of β-amino-alcohol motifs (C(OH)–C–C–N with tert-alkyl or cyclic N) is 1. The highest BCUT2D eigenvalue weighted by molar-refractivity contribution is 5.77. The van der Waals surface area contributed by atoms with E-state index in [0.717, 1.165) is 17.5 Å². The number of hydrogen-bond acceptors (Lipinski definition) is 3. The minimum Gasteiger partial charge on any atom is -0.458 e. The summed E-state index contributed by atoms with van der Waals surface area (Å²) in [7, 11) is 0. The van der Waals surface area contributed by atoms with Crippen LogP contribution in [0, 0.1) is 0 Å². The van der Waals surface area contributed by atoms with E-state index in [0.29, 0.717) is 18.3 Å². The fourth-order valence-corrected chi connectivity index (χ4v) is 2.91. The summed E-state index contributed by atoms with van der Waals surface area (Å²) >= 11 is 0. The molecule has 3 nitrogen and oxygen atoms in total. The largest absolute Gasteiger partial charge is 0.458 e. The third-order valence-corrected chi connectivity index (χ3v) is 4.12. The Balaban J connectivity index is 1.74. The molecule has 1 aliphatic heterocycles. The first-order valence-electron chi connectivity index (χ1n) is 7.14. The van der Waals surface area contributed by atoms with Crippen LogP contribution in [0.25, 0.3) is 11.0 Å². The SMILES string of the molecule is CC1CCCCN1CC(O)c1cc2ccccc2o1. The summed E-state index contributed by atoms with van der Waals surface area (Å²) < 4.78 is 5.73. The standard InChI is InChI=1S/C16H21NO2/c1-12-6-4-5-9-17(12)11-14(18)16-10-13-7-2-3-8-15(13)19-16/h2-3,7-8,10,12,14,18H,4-6,9,11H2,1H3. The van der Waals surface area contributed by atoms with Gasteiger partial charge in [0, 0.05) is 18.0 Å². The van der Waals surface area contributed by atoms with Crippen LogP contribution in [0.2, 0.25) is 0 Å². The molecular formula is C16H21NO2. The molecule has 0 radical (unpaired) electrons. The number of para-hydroxylation sites is 1. The monoisotopic (exact) mass is 259 g/mol. The van der Waals surface area contributed by atoms with Crippen LogP contribution in [0.3, 0.4) is 0 Å². The van der Waals surface area contributed by atoms with E-state index in [4.69, 9.17) is 4.42 Å². The molecular weight excluding hydrogens is 238 g/mol. The van der Waals surface area contributed by atoms with E-state index in [1.54, 1.807) is 0 Å². The van der Waals surface area contributed by atoms with Crippen molar-refractivity contribution in [1.29, 1.82) is 0 Å². The molecule has 0 bridgehead atoms. The van der Waals surface area contributed by atoms with Gasteiger partial charge in [-0.2, -0.15) is 0 Å². The predicted octanol–water partition coefficient (Wildman–Crippen LogP) is 3.34. The van der Waals surface area contributed by atoms with Crippen LogP contribution < -0.4 is 0 Å². The zero-order chi connectivity index (χ0) is 13.2. The number of furan rings is 1. The third kappa shape index (κ3) is 2.67. The molecule has 2 atom stereocenters. The summed E-state index contributed by atoms with van der Waals surface area (Å²) in [4.78, 5) is 2.36. The van der Waals surface area contributed by atoms with E-state index in [9.17, 15) is 5.11 Å². The van der Waals surface area contributed by atoms with Crippen molar-refractivity contribution < 1.29 is 9.52 Å². The minimum absolute atomic E-state index is 0.534. The van der Waals surface area contributed by atoms with Crippen molar-refractivity contribution in [3.05, 3.63) is 36.1 Å². The van der Waals surface area contributed by atoms with Gasteiger partial charge in [0.2, 0.25) is 0 Å². The Morgan fingerprint density at radius 1 is 1.37 bits per heavy atom. The van der Waals surface area contributed by atoms with Gasteiger partial charge in [-0.05, 0) is 38.4 Å². The van der Waals surface area contributed by atoms with Gasteiger partial charge in [-0.3, -0.25) is 4.90 Å². The molecule has 1 saturated heterocycles. The van der Waals surface area contributed by atoms with Crippen LogP contribution >= 0.6 is 0 Å². The molecule has 1 fully saturated rings. The highest BCUT2D eigenvalue weighted by atomic mass is 16.4. The van der Waals surface area contributed by atoms with Gasteiger partial charge < -0.3 is 9.52 Å². The molecule has 3 heteroatoms. The lowest BCUT2D eigenvalue weighted by atomic mass is 10.0. The first-order valence-corrected chi connectivity index (χ1v) is 7.14. The van der Waals surface area contributed by atoms with Gasteiger partial charge in [-0.1, -0.05) is 24.6 Å². The Hall–Kier alpha value is -1.32. The lowest BCUT2D eigenvalue weighted by Gasteiger charge is -2.34. The van der Waals surface area contributed by atoms with Crippen LogP contribution in [-0.2, 0) is 0 Å².